The summed E-state index contributed by atoms with van der Waals surface area (Å²) in [6, 6.07) is 0. The van der Waals surface area contributed by atoms with Crippen molar-refractivity contribution in [3.8, 4) is 0 Å². The lowest BCUT2D eigenvalue weighted by molar-refractivity contribution is 0.0853. The van der Waals surface area contributed by atoms with Gasteiger partial charge in [-0.15, -0.1) is 0 Å². The summed E-state index contributed by atoms with van der Waals surface area (Å²) in [6.07, 6.45) is 3.93. The standard InChI is InChI=1S/C7H14O2/c1-3-4-5-9-7-6-8-2/h3-4H,5-7H2,1-2H3. The Hall–Kier alpha value is -0.340. The number of allylic oxidation sites excluding steroid dienone is 1. The molecule has 54 valence electrons. The fourth-order valence-electron chi connectivity index (χ4n) is 0.390. The van der Waals surface area contributed by atoms with Crippen molar-refractivity contribution in [1.29, 1.82) is 0 Å². The van der Waals surface area contributed by atoms with Crippen LogP contribution in [0.1, 0.15) is 6.92 Å². The van der Waals surface area contributed by atoms with Gasteiger partial charge in [0.2, 0.25) is 0 Å². The largest absolute Gasteiger partial charge is 0.382 e. The van der Waals surface area contributed by atoms with Crippen molar-refractivity contribution in [2.45, 2.75) is 6.92 Å². The van der Waals surface area contributed by atoms with Gasteiger partial charge < -0.3 is 9.47 Å². The van der Waals surface area contributed by atoms with Crippen LogP contribution in [-0.2, 0) is 9.47 Å². The average molecular weight is 130 g/mol. The topological polar surface area (TPSA) is 18.5 Å². The van der Waals surface area contributed by atoms with Crippen molar-refractivity contribution in [2.24, 2.45) is 0 Å². The Labute approximate surface area is 56.5 Å². The first-order chi connectivity index (χ1) is 4.41. The third kappa shape index (κ3) is 7.66. The van der Waals surface area contributed by atoms with Crippen LogP contribution >= 0.6 is 0 Å². The highest BCUT2D eigenvalue weighted by Crippen LogP contribution is 1.77. The molecule has 0 saturated carbocycles. The van der Waals surface area contributed by atoms with E-state index in [0.717, 1.165) is 0 Å². The molecule has 0 aliphatic heterocycles. The fourth-order valence-corrected chi connectivity index (χ4v) is 0.390. The van der Waals surface area contributed by atoms with E-state index in [1.54, 1.807) is 7.11 Å². The van der Waals surface area contributed by atoms with E-state index in [9.17, 15) is 0 Å². The van der Waals surface area contributed by atoms with Crippen LogP contribution in [-0.4, -0.2) is 26.9 Å². The maximum absolute atomic E-state index is 5.10. The minimum atomic E-state index is 0.678. The normalized spacial score (nSPS) is 10.9. The Morgan fingerprint density at radius 1 is 1.33 bits per heavy atom. The summed E-state index contributed by atoms with van der Waals surface area (Å²) >= 11 is 0. The second kappa shape index (κ2) is 7.66. The van der Waals surface area contributed by atoms with Gasteiger partial charge in [-0.1, -0.05) is 12.2 Å². The molecule has 9 heavy (non-hydrogen) atoms. The molecule has 0 spiro atoms. The zero-order valence-electron chi connectivity index (χ0n) is 6.09. The summed E-state index contributed by atoms with van der Waals surface area (Å²) in [5.74, 6) is 0. The highest BCUT2D eigenvalue weighted by molar-refractivity contribution is 4.75. The summed E-state index contributed by atoms with van der Waals surface area (Å²) < 4.78 is 9.88. The lowest BCUT2D eigenvalue weighted by atomic mass is 10.5. The van der Waals surface area contributed by atoms with Gasteiger partial charge in [0.15, 0.2) is 0 Å². The molecule has 0 rings (SSSR count). The molecule has 0 heterocycles. The van der Waals surface area contributed by atoms with Crippen LogP contribution in [0.25, 0.3) is 0 Å². The molecular formula is C7H14O2. The molecule has 0 unspecified atom stereocenters. The van der Waals surface area contributed by atoms with Gasteiger partial charge in [-0.25, -0.2) is 0 Å². The third-order valence-corrected chi connectivity index (χ3v) is 0.882. The number of rotatable bonds is 5. The predicted octanol–water partition coefficient (Wildman–Crippen LogP) is 1.23. The van der Waals surface area contributed by atoms with Gasteiger partial charge in [-0.3, -0.25) is 0 Å². The summed E-state index contributed by atoms with van der Waals surface area (Å²) in [6.45, 7) is 4.03. The van der Waals surface area contributed by atoms with Crippen LogP contribution in [0.4, 0.5) is 0 Å². The van der Waals surface area contributed by atoms with Gasteiger partial charge in [-0.05, 0) is 6.92 Å². The molecule has 0 aliphatic carbocycles. The van der Waals surface area contributed by atoms with Gasteiger partial charge >= 0.3 is 0 Å². The lowest BCUT2D eigenvalue weighted by Gasteiger charge is -1.97. The lowest BCUT2D eigenvalue weighted by Crippen LogP contribution is -2.00. The molecule has 2 nitrogen and oxygen atoms in total. The molecule has 0 radical (unpaired) electrons. The Balaban J connectivity index is 2.75. The molecule has 0 atom stereocenters. The van der Waals surface area contributed by atoms with Crippen LogP contribution in [0.3, 0.4) is 0 Å². The highest BCUT2D eigenvalue weighted by Gasteiger charge is 1.80. The van der Waals surface area contributed by atoms with Crippen molar-refractivity contribution < 1.29 is 9.47 Å². The number of ether oxygens (including phenoxy) is 2. The molecular weight excluding hydrogens is 116 g/mol. The first-order valence-corrected chi connectivity index (χ1v) is 3.09. The summed E-state index contributed by atoms with van der Waals surface area (Å²) in [5, 5.41) is 0. The van der Waals surface area contributed by atoms with Gasteiger partial charge in [0, 0.05) is 7.11 Å². The van der Waals surface area contributed by atoms with E-state index in [1.165, 1.54) is 0 Å². The SMILES string of the molecule is CC=CCOCCOC. The summed E-state index contributed by atoms with van der Waals surface area (Å²) in [4.78, 5) is 0. The van der Waals surface area contributed by atoms with Gasteiger partial charge in [0.25, 0.3) is 0 Å². The van der Waals surface area contributed by atoms with Crippen LogP contribution < -0.4 is 0 Å². The molecule has 0 N–H and O–H groups in total. The maximum atomic E-state index is 5.10. The van der Waals surface area contributed by atoms with E-state index in [4.69, 9.17) is 9.47 Å². The van der Waals surface area contributed by atoms with Crippen molar-refractivity contribution in [3.05, 3.63) is 12.2 Å². The first kappa shape index (κ1) is 8.66. The van der Waals surface area contributed by atoms with Crippen LogP contribution in [0.5, 0.6) is 0 Å². The van der Waals surface area contributed by atoms with Crippen molar-refractivity contribution in [1.82, 2.24) is 0 Å². The Morgan fingerprint density at radius 3 is 2.67 bits per heavy atom. The number of hydrogen-bond acceptors (Lipinski definition) is 2. The highest BCUT2D eigenvalue weighted by atomic mass is 16.5. The number of hydrogen-bond donors (Lipinski definition) is 0. The van der Waals surface area contributed by atoms with E-state index < -0.39 is 0 Å². The van der Waals surface area contributed by atoms with Crippen molar-refractivity contribution in [2.75, 3.05) is 26.9 Å². The van der Waals surface area contributed by atoms with E-state index in [1.807, 2.05) is 19.1 Å². The molecule has 0 aromatic rings. The van der Waals surface area contributed by atoms with Gasteiger partial charge in [0.05, 0.1) is 19.8 Å². The van der Waals surface area contributed by atoms with Gasteiger partial charge in [0.1, 0.15) is 0 Å². The summed E-state index contributed by atoms with van der Waals surface area (Å²) in [7, 11) is 1.67. The Kier molecular flexibility index (Phi) is 7.37. The molecule has 0 aromatic heterocycles. The Morgan fingerprint density at radius 2 is 2.11 bits per heavy atom. The van der Waals surface area contributed by atoms with E-state index in [-0.39, 0.29) is 0 Å². The maximum Gasteiger partial charge on any atom is 0.0704 e. The van der Waals surface area contributed by atoms with Gasteiger partial charge in [-0.2, -0.15) is 0 Å². The molecule has 0 bridgehead atoms. The van der Waals surface area contributed by atoms with Crippen molar-refractivity contribution in [3.63, 3.8) is 0 Å². The van der Waals surface area contributed by atoms with Crippen molar-refractivity contribution >= 4 is 0 Å². The molecule has 0 saturated heterocycles. The zero-order valence-corrected chi connectivity index (χ0v) is 6.09. The fraction of sp³-hybridized carbons (Fsp3) is 0.714. The minimum absolute atomic E-state index is 0.678. The average Bonchev–Trinajstić information content (AvgIpc) is 1.89. The molecule has 0 amide bonds. The van der Waals surface area contributed by atoms with E-state index in [0.29, 0.717) is 19.8 Å². The third-order valence-electron chi connectivity index (χ3n) is 0.882. The second-order valence-electron chi connectivity index (χ2n) is 1.64. The molecule has 0 aromatic carbocycles. The molecule has 2 heteroatoms. The quantitative estimate of drug-likeness (QED) is 0.411. The second-order valence-corrected chi connectivity index (χ2v) is 1.64. The molecule has 0 fully saturated rings. The van der Waals surface area contributed by atoms with E-state index in [2.05, 4.69) is 0 Å². The van der Waals surface area contributed by atoms with Crippen LogP contribution in [0, 0.1) is 0 Å². The first-order valence-electron chi connectivity index (χ1n) is 3.09. The number of methoxy groups -OCH3 is 1. The summed E-state index contributed by atoms with van der Waals surface area (Å²) in [5.41, 5.74) is 0. The molecule has 0 aliphatic rings. The Bertz CT molecular complexity index is 69.3. The van der Waals surface area contributed by atoms with E-state index >= 15 is 0 Å². The monoisotopic (exact) mass is 130 g/mol. The zero-order chi connectivity index (χ0) is 6.95. The van der Waals surface area contributed by atoms with Crippen LogP contribution in [0.2, 0.25) is 0 Å². The smallest absolute Gasteiger partial charge is 0.0704 e. The van der Waals surface area contributed by atoms with Crippen LogP contribution in [0.15, 0.2) is 12.2 Å². The minimum Gasteiger partial charge on any atom is -0.382 e. The predicted molar refractivity (Wildman–Crippen MR) is 37.5 cm³/mol.